The highest BCUT2D eigenvalue weighted by Gasteiger charge is 2.53. The lowest BCUT2D eigenvalue weighted by Crippen LogP contribution is -2.49. The largest absolute Gasteiger partial charge is 0.0591 e. The molecule has 0 bridgehead atoms. The minimum Gasteiger partial charge on any atom is -0.0591 e. The first-order chi connectivity index (χ1) is 8.79. The fourth-order valence-corrected chi connectivity index (χ4v) is 6.91. The maximum atomic E-state index is 2.70. The minimum absolute atomic E-state index is 0.759. The van der Waals surface area contributed by atoms with Gasteiger partial charge in [0.1, 0.15) is 0 Å². The van der Waals surface area contributed by atoms with Crippen LogP contribution in [0, 0.1) is 35.0 Å². The molecule has 0 aromatic heterocycles. The molecule has 0 spiro atoms. The molecule has 0 aromatic rings. The molecule has 102 valence electrons. The molecular formula is C18H30. The van der Waals surface area contributed by atoms with Crippen LogP contribution in [0.1, 0.15) is 77.6 Å². The minimum atomic E-state index is 0.759. The van der Waals surface area contributed by atoms with Crippen molar-refractivity contribution in [2.45, 2.75) is 77.6 Å². The van der Waals surface area contributed by atoms with E-state index in [0.717, 1.165) is 35.0 Å². The molecule has 4 aliphatic carbocycles. The molecule has 4 fully saturated rings. The fourth-order valence-electron chi connectivity index (χ4n) is 6.91. The first-order valence-electron chi connectivity index (χ1n) is 8.79. The van der Waals surface area contributed by atoms with Crippen LogP contribution in [0.2, 0.25) is 0 Å². The lowest BCUT2D eigenvalue weighted by molar-refractivity contribution is -0.0834. The summed E-state index contributed by atoms with van der Waals surface area (Å²) >= 11 is 0. The van der Waals surface area contributed by atoms with Crippen LogP contribution < -0.4 is 0 Å². The zero-order valence-electron chi connectivity index (χ0n) is 12.2. The Labute approximate surface area is 113 Å². The Bertz CT molecular complexity index is 320. The third kappa shape index (κ3) is 1.56. The standard InChI is InChI=1S/C18H30/c1-18-12-3-2-6-14(18)9-10-16-15-7-4-5-13(15)8-11-17(16)18/h13-17H,2-12H2,1H3/t13-,14+,15+,16-,17-,18-/m0/s1. The van der Waals surface area contributed by atoms with Gasteiger partial charge >= 0.3 is 0 Å². The average Bonchev–Trinajstić information content (AvgIpc) is 2.86. The molecule has 0 amide bonds. The normalized spacial score (nSPS) is 55.5. The van der Waals surface area contributed by atoms with Gasteiger partial charge in [0, 0.05) is 0 Å². The maximum absolute atomic E-state index is 2.70. The Morgan fingerprint density at radius 2 is 1.67 bits per heavy atom. The highest BCUT2D eigenvalue weighted by atomic mass is 14.6. The van der Waals surface area contributed by atoms with Crippen molar-refractivity contribution in [1.29, 1.82) is 0 Å². The Morgan fingerprint density at radius 1 is 0.722 bits per heavy atom. The van der Waals surface area contributed by atoms with E-state index in [-0.39, 0.29) is 0 Å². The van der Waals surface area contributed by atoms with Crippen LogP contribution in [0.3, 0.4) is 0 Å². The van der Waals surface area contributed by atoms with E-state index in [2.05, 4.69) is 6.92 Å². The van der Waals surface area contributed by atoms with Crippen LogP contribution >= 0.6 is 0 Å². The Kier molecular flexibility index (Phi) is 2.79. The van der Waals surface area contributed by atoms with Gasteiger partial charge in [-0.15, -0.1) is 0 Å². The van der Waals surface area contributed by atoms with Crippen LogP contribution in [0.4, 0.5) is 0 Å². The summed E-state index contributed by atoms with van der Waals surface area (Å²) in [5.74, 6) is 5.67. The number of rotatable bonds is 0. The third-order valence-corrected chi connectivity index (χ3v) is 7.78. The number of hydrogen-bond donors (Lipinski definition) is 0. The van der Waals surface area contributed by atoms with Crippen molar-refractivity contribution in [2.75, 3.05) is 0 Å². The summed E-state index contributed by atoms with van der Waals surface area (Å²) in [5.41, 5.74) is 0.759. The van der Waals surface area contributed by atoms with Gasteiger partial charge in [-0.25, -0.2) is 0 Å². The molecule has 0 unspecified atom stereocenters. The van der Waals surface area contributed by atoms with Gasteiger partial charge in [-0.05, 0) is 80.0 Å². The molecular weight excluding hydrogens is 216 g/mol. The van der Waals surface area contributed by atoms with E-state index in [1.54, 1.807) is 57.8 Å². The zero-order valence-corrected chi connectivity index (χ0v) is 12.2. The molecule has 4 rings (SSSR count). The SMILES string of the molecule is C[C@]12CCCC[C@@H]1CC[C@H]1[C@@H]3CCC[C@H]3CC[C@@H]12. The Balaban J connectivity index is 1.62. The van der Waals surface area contributed by atoms with Gasteiger partial charge < -0.3 is 0 Å². The van der Waals surface area contributed by atoms with Gasteiger partial charge in [-0.3, -0.25) is 0 Å². The van der Waals surface area contributed by atoms with E-state index in [1.807, 2.05) is 0 Å². The van der Waals surface area contributed by atoms with Crippen molar-refractivity contribution >= 4 is 0 Å². The molecule has 0 aliphatic heterocycles. The van der Waals surface area contributed by atoms with Gasteiger partial charge in [-0.1, -0.05) is 32.6 Å². The number of fused-ring (bicyclic) bond motifs is 5. The van der Waals surface area contributed by atoms with E-state index in [9.17, 15) is 0 Å². The molecule has 4 saturated carbocycles. The topological polar surface area (TPSA) is 0 Å². The predicted molar refractivity (Wildman–Crippen MR) is 76.3 cm³/mol. The van der Waals surface area contributed by atoms with Crippen molar-refractivity contribution in [3.8, 4) is 0 Å². The third-order valence-electron chi connectivity index (χ3n) is 7.78. The van der Waals surface area contributed by atoms with E-state index in [4.69, 9.17) is 0 Å². The second-order valence-electron chi connectivity index (χ2n) is 8.23. The lowest BCUT2D eigenvalue weighted by Gasteiger charge is -2.58. The van der Waals surface area contributed by atoms with Crippen LogP contribution in [-0.4, -0.2) is 0 Å². The summed E-state index contributed by atoms with van der Waals surface area (Å²) in [6.07, 6.45) is 17.3. The van der Waals surface area contributed by atoms with E-state index in [0.29, 0.717) is 0 Å². The summed E-state index contributed by atoms with van der Waals surface area (Å²) in [4.78, 5) is 0. The molecule has 0 radical (unpaired) electrons. The van der Waals surface area contributed by atoms with Crippen LogP contribution in [0.15, 0.2) is 0 Å². The molecule has 18 heavy (non-hydrogen) atoms. The van der Waals surface area contributed by atoms with Gasteiger partial charge in [0.25, 0.3) is 0 Å². The molecule has 0 heteroatoms. The molecule has 6 atom stereocenters. The smallest absolute Gasteiger partial charge is 0.0266 e. The highest BCUT2D eigenvalue weighted by Crippen LogP contribution is 2.62. The van der Waals surface area contributed by atoms with E-state index >= 15 is 0 Å². The number of hydrogen-bond acceptors (Lipinski definition) is 0. The summed E-state index contributed by atoms with van der Waals surface area (Å²) in [5, 5.41) is 0. The first kappa shape index (κ1) is 11.8. The molecule has 4 aliphatic rings. The fraction of sp³-hybridized carbons (Fsp3) is 1.00. The van der Waals surface area contributed by atoms with Gasteiger partial charge in [0.15, 0.2) is 0 Å². The molecule has 0 aromatic carbocycles. The molecule has 0 heterocycles. The van der Waals surface area contributed by atoms with Crippen molar-refractivity contribution in [2.24, 2.45) is 35.0 Å². The average molecular weight is 246 g/mol. The van der Waals surface area contributed by atoms with Crippen molar-refractivity contribution < 1.29 is 0 Å². The summed E-state index contributed by atoms with van der Waals surface area (Å²) < 4.78 is 0. The van der Waals surface area contributed by atoms with E-state index < -0.39 is 0 Å². The Morgan fingerprint density at radius 3 is 2.61 bits per heavy atom. The van der Waals surface area contributed by atoms with Crippen molar-refractivity contribution in [3.63, 3.8) is 0 Å². The maximum Gasteiger partial charge on any atom is -0.0266 e. The molecule has 0 N–H and O–H groups in total. The molecule has 0 nitrogen and oxygen atoms in total. The predicted octanol–water partition coefficient (Wildman–Crippen LogP) is 5.42. The van der Waals surface area contributed by atoms with Crippen molar-refractivity contribution in [1.82, 2.24) is 0 Å². The zero-order chi connectivity index (χ0) is 12.2. The molecule has 0 saturated heterocycles. The highest BCUT2D eigenvalue weighted by molar-refractivity contribution is 5.03. The van der Waals surface area contributed by atoms with Crippen molar-refractivity contribution in [3.05, 3.63) is 0 Å². The second-order valence-corrected chi connectivity index (χ2v) is 8.23. The quantitative estimate of drug-likeness (QED) is 0.535. The summed E-state index contributed by atoms with van der Waals surface area (Å²) in [6, 6.07) is 0. The second kappa shape index (κ2) is 4.25. The van der Waals surface area contributed by atoms with Crippen LogP contribution in [-0.2, 0) is 0 Å². The monoisotopic (exact) mass is 246 g/mol. The van der Waals surface area contributed by atoms with Gasteiger partial charge in [-0.2, -0.15) is 0 Å². The van der Waals surface area contributed by atoms with E-state index in [1.165, 1.54) is 12.8 Å². The van der Waals surface area contributed by atoms with Crippen LogP contribution in [0.25, 0.3) is 0 Å². The summed E-state index contributed by atoms with van der Waals surface area (Å²) in [7, 11) is 0. The lowest BCUT2D eigenvalue weighted by atomic mass is 9.47. The Hall–Kier alpha value is 0. The first-order valence-corrected chi connectivity index (χ1v) is 8.79. The van der Waals surface area contributed by atoms with Gasteiger partial charge in [0.2, 0.25) is 0 Å². The van der Waals surface area contributed by atoms with Crippen LogP contribution in [0.5, 0.6) is 0 Å². The van der Waals surface area contributed by atoms with Gasteiger partial charge in [0.05, 0.1) is 0 Å². The summed E-state index contributed by atoms with van der Waals surface area (Å²) in [6.45, 7) is 2.70.